The van der Waals surface area contributed by atoms with Crippen molar-refractivity contribution in [1.82, 2.24) is 9.97 Å². The first-order valence-corrected chi connectivity index (χ1v) is 8.55. The third-order valence-corrected chi connectivity index (χ3v) is 4.77. The topological polar surface area (TPSA) is 54.9 Å². The Kier molecular flexibility index (Phi) is 3.88. The summed E-state index contributed by atoms with van der Waals surface area (Å²) < 4.78 is 0. The first kappa shape index (κ1) is 16.2. The van der Waals surface area contributed by atoms with E-state index in [1.165, 1.54) is 11.1 Å². The van der Waals surface area contributed by atoms with Crippen LogP contribution in [0.3, 0.4) is 0 Å². The second kappa shape index (κ2) is 6.23. The first-order valence-electron chi connectivity index (χ1n) is 8.55. The van der Waals surface area contributed by atoms with Crippen LogP contribution in [0.1, 0.15) is 28.4 Å². The maximum atomic E-state index is 11.7. The molecular weight excluding hydrogens is 322 g/mol. The second-order valence-corrected chi connectivity index (χ2v) is 6.59. The Hall–Kier alpha value is -3.27. The van der Waals surface area contributed by atoms with Crippen molar-refractivity contribution in [2.75, 3.05) is 5.32 Å². The van der Waals surface area contributed by atoms with E-state index in [2.05, 4.69) is 36.3 Å². The molecule has 128 valence electrons. The van der Waals surface area contributed by atoms with Crippen molar-refractivity contribution in [2.45, 2.75) is 20.8 Å². The molecular formula is C22H19N3O. The summed E-state index contributed by atoms with van der Waals surface area (Å²) >= 11 is 0. The van der Waals surface area contributed by atoms with Crippen LogP contribution >= 0.6 is 0 Å². The summed E-state index contributed by atoms with van der Waals surface area (Å²) in [4.78, 5) is 20.8. The molecule has 4 aromatic rings. The van der Waals surface area contributed by atoms with Gasteiger partial charge >= 0.3 is 0 Å². The van der Waals surface area contributed by atoms with Crippen molar-refractivity contribution in [1.29, 1.82) is 0 Å². The molecule has 0 aliphatic carbocycles. The van der Waals surface area contributed by atoms with Crippen LogP contribution in [0.25, 0.3) is 21.7 Å². The largest absolute Gasteiger partial charge is 0.340 e. The van der Waals surface area contributed by atoms with Crippen LogP contribution in [0.15, 0.2) is 54.9 Å². The lowest BCUT2D eigenvalue weighted by atomic mass is 10.0. The third-order valence-electron chi connectivity index (χ3n) is 4.77. The fourth-order valence-corrected chi connectivity index (χ4v) is 3.12. The fourth-order valence-electron chi connectivity index (χ4n) is 3.12. The highest BCUT2D eigenvalue weighted by atomic mass is 16.1. The molecule has 4 heteroatoms. The SMILES string of the molecule is CC(=O)c1ccc2c(c1)nc(Nc1ccc(C)c(C)c1)c1ccncc12. The number of aryl methyl sites for hydroxylation is 2. The maximum Gasteiger partial charge on any atom is 0.159 e. The van der Waals surface area contributed by atoms with E-state index in [0.717, 1.165) is 33.2 Å². The number of Topliss-reactive ketones (excluding diaryl/α,β-unsaturated/α-hetero) is 1. The monoisotopic (exact) mass is 341 g/mol. The van der Waals surface area contributed by atoms with Crippen LogP contribution in [-0.2, 0) is 0 Å². The quantitative estimate of drug-likeness (QED) is 0.403. The second-order valence-electron chi connectivity index (χ2n) is 6.59. The number of hydrogen-bond acceptors (Lipinski definition) is 4. The molecule has 4 nitrogen and oxygen atoms in total. The molecule has 0 bridgehead atoms. The van der Waals surface area contributed by atoms with E-state index in [1.54, 1.807) is 13.1 Å². The zero-order valence-electron chi connectivity index (χ0n) is 15.0. The van der Waals surface area contributed by atoms with Crippen molar-refractivity contribution in [3.8, 4) is 0 Å². The molecule has 4 rings (SSSR count). The van der Waals surface area contributed by atoms with Crippen LogP contribution in [0.5, 0.6) is 0 Å². The van der Waals surface area contributed by atoms with Gasteiger partial charge in [-0.05, 0) is 56.2 Å². The van der Waals surface area contributed by atoms with E-state index < -0.39 is 0 Å². The van der Waals surface area contributed by atoms with Crippen LogP contribution in [0.4, 0.5) is 11.5 Å². The lowest BCUT2D eigenvalue weighted by Gasteiger charge is -2.13. The number of fused-ring (bicyclic) bond motifs is 3. The maximum absolute atomic E-state index is 11.7. The van der Waals surface area contributed by atoms with E-state index in [0.29, 0.717) is 5.56 Å². The van der Waals surface area contributed by atoms with Gasteiger partial charge in [-0.25, -0.2) is 4.98 Å². The van der Waals surface area contributed by atoms with Crippen molar-refractivity contribution >= 4 is 39.0 Å². The summed E-state index contributed by atoms with van der Waals surface area (Å²) in [5.74, 6) is 0.794. The first-order chi connectivity index (χ1) is 12.5. The van der Waals surface area contributed by atoms with Crippen LogP contribution < -0.4 is 5.32 Å². The zero-order chi connectivity index (χ0) is 18.3. The Bertz CT molecular complexity index is 1160. The minimum absolute atomic E-state index is 0.0312. The molecule has 2 aromatic carbocycles. The minimum atomic E-state index is 0.0312. The van der Waals surface area contributed by atoms with Gasteiger partial charge in [-0.15, -0.1) is 0 Å². The molecule has 0 unspecified atom stereocenters. The number of aromatic nitrogens is 2. The van der Waals surface area contributed by atoms with Gasteiger partial charge in [0, 0.05) is 39.8 Å². The van der Waals surface area contributed by atoms with Gasteiger partial charge in [-0.2, -0.15) is 0 Å². The molecule has 0 aliphatic rings. The van der Waals surface area contributed by atoms with Gasteiger partial charge in [0.05, 0.1) is 5.52 Å². The van der Waals surface area contributed by atoms with Gasteiger partial charge in [-0.3, -0.25) is 9.78 Å². The average molecular weight is 341 g/mol. The number of ketones is 1. The van der Waals surface area contributed by atoms with Crippen molar-refractivity contribution < 1.29 is 4.79 Å². The smallest absolute Gasteiger partial charge is 0.159 e. The Balaban J connectivity index is 1.93. The molecule has 0 aliphatic heterocycles. The van der Waals surface area contributed by atoms with Gasteiger partial charge in [0.1, 0.15) is 5.82 Å². The number of nitrogens with one attached hydrogen (secondary N) is 1. The Morgan fingerprint density at radius 3 is 2.54 bits per heavy atom. The molecule has 0 amide bonds. The van der Waals surface area contributed by atoms with E-state index in [9.17, 15) is 4.79 Å². The molecule has 26 heavy (non-hydrogen) atoms. The molecule has 0 radical (unpaired) electrons. The summed E-state index contributed by atoms with van der Waals surface area (Å²) in [7, 11) is 0. The number of anilines is 2. The van der Waals surface area contributed by atoms with Crippen LogP contribution in [-0.4, -0.2) is 15.8 Å². The molecule has 0 saturated heterocycles. The normalized spacial score (nSPS) is 11.0. The molecule has 2 heterocycles. The molecule has 0 atom stereocenters. The number of rotatable bonds is 3. The van der Waals surface area contributed by atoms with Gasteiger partial charge < -0.3 is 5.32 Å². The highest BCUT2D eigenvalue weighted by Crippen LogP contribution is 2.31. The highest BCUT2D eigenvalue weighted by molar-refractivity contribution is 6.11. The predicted octanol–water partition coefficient (Wildman–Crippen LogP) is 5.35. The number of pyridine rings is 2. The lowest BCUT2D eigenvalue weighted by molar-refractivity contribution is 0.101. The van der Waals surface area contributed by atoms with E-state index in [1.807, 2.05) is 36.5 Å². The standard InChI is InChI=1S/C22H19N3O/c1-13-4-6-17(10-14(13)2)24-22-19-8-9-23-12-20(19)18-7-5-16(15(3)26)11-21(18)25-22/h4-12H,1-3H3,(H,24,25). The summed E-state index contributed by atoms with van der Waals surface area (Å²) in [5, 5.41) is 6.44. The van der Waals surface area contributed by atoms with E-state index in [4.69, 9.17) is 4.98 Å². The lowest BCUT2D eigenvalue weighted by Crippen LogP contribution is -1.99. The van der Waals surface area contributed by atoms with Gasteiger partial charge in [0.2, 0.25) is 0 Å². The fraction of sp³-hybridized carbons (Fsp3) is 0.136. The summed E-state index contributed by atoms with van der Waals surface area (Å²) in [6, 6.07) is 13.8. The van der Waals surface area contributed by atoms with Crippen LogP contribution in [0, 0.1) is 13.8 Å². The number of carbonyl (C=O) groups is 1. The molecule has 0 spiro atoms. The Labute approximate surface area is 151 Å². The van der Waals surface area contributed by atoms with Gasteiger partial charge in [0.25, 0.3) is 0 Å². The molecule has 1 N–H and O–H groups in total. The third kappa shape index (κ3) is 2.80. The summed E-state index contributed by atoms with van der Waals surface area (Å²) in [6.07, 6.45) is 3.61. The molecule has 2 aromatic heterocycles. The summed E-state index contributed by atoms with van der Waals surface area (Å²) in [5.41, 5.74) is 4.90. The van der Waals surface area contributed by atoms with Crippen molar-refractivity contribution in [3.05, 3.63) is 71.5 Å². The number of carbonyl (C=O) groups excluding carboxylic acids is 1. The van der Waals surface area contributed by atoms with E-state index in [-0.39, 0.29) is 5.78 Å². The number of benzene rings is 2. The van der Waals surface area contributed by atoms with Gasteiger partial charge in [-0.1, -0.05) is 18.2 Å². The zero-order valence-corrected chi connectivity index (χ0v) is 15.0. The number of hydrogen-bond donors (Lipinski definition) is 1. The minimum Gasteiger partial charge on any atom is -0.340 e. The average Bonchev–Trinajstić information content (AvgIpc) is 2.64. The van der Waals surface area contributed by atoms with Crippen LogP contribution in [0.2, 0.25) is 0 Å². The van der Waals surface area contributed by atoms with Crippen molar-refractivity contribution in [3.63, 3.8) is 0 Å². The Morgan fingerprint density at radius 1 is 0.923 bits per heavy atom. The van der Waals surface area contributed by atoms with Gasteiger partial charge in [0.15, 0.2) is 5.78 Å². The number of nitrogens with zero attached hydrogens (tertiary/aromatic N) is 2. The Morgan fingerprint density at radius 2 is 1.77 bits per heavy atom. The highest BCUT2D eigenvalue weighted by Gasteiger charge is 2.11. The molecule has 0 saturated carbocycles. The summed E-state index contributed by atoms with van der Waals surface area (Å²) in [6.45, 7) is 5.76. The van der Waals surface area contributed by atoms with E-state index >= 15 is 0 Å². The predicted molar refractivity (Wildman–Crippen MR) is 106 cm³/mol. The van der Waals surface area contributed by atoms with Crippen molar-refractivity contribution in [2.24, 2.45) is 0 Å². The molecule has 0 fully saturated rings.